The number of sulfone groups is 1. The van der Waals surface area contributed by atoms with E-state index in [1.54, 1.807) is 0 Å². The summed E-state index contributed by atoms with van der Waals surface area (Å²) in [4.78, 5) is 26.0. The van der Waals surface area contributed by atoms with Crippen LogP contribution in [0, 0.1) is 5.92 Å². The van der Waals surface area contributed by atoms with Crippen molar-refractivity contribution in [3.63, 3.8) is 0 Å². The maximum absolute atomic E-state index is 12.5. The number of hydrogen-bond donors (Lipinski definition) is 0. The molecule has 1 aliphatic heterocycles. The van der Waals surface area contributed by atoms with Gasteiger partial charge < -0.3 is 9.64 Å². The van der Waals surface area contributed by atoms with Gasteiger partial charge in [-0.25, -0.2) is 13.2 Å². The molecule has 2 rings (SSSR count). The number of carbonyl (C=O) groups excluding carboxylic acids is 2. The van der Waals surface area contributed by atoms with Gasteiger partial charge in [0.05, 0.1) is 21.4 Å². The Labute approximate surface area is 161 Å². The van der Waals surface area contributed by atoms with Crippen LogP contribution < -0.4 is 0 Å². The standard InChI is InChI=1S/C15H19Cl2NO5S2/c1-9(2)6-18(10-3-4-25(21,22)8-10)13(19)7-23-15(20)11-5-12(16)24-14(11)17/h5,9-10H,3-4,6-8H2,1-2H3. The molecular formula is C15H19Cl2NO5S2. The van der Waals surface area contributed by atoms with E-state index in [4.69, 9.17) is 27.9 Å². The Kier molecular flexibility index (Phi) is 6.75. The Bertz CT molecular complexity index is 760. The summed E-state index contributed by atoms with van der Waals surface area (Å²) in [6, 6.07) is 1.01. The number of thiophene rings is 1. The van der Waals surface area contributed by atoms with Crippen LogP contribution in [0.4, 0.5) is 0 Å². The minimum atomic E-state index is -3.12. The quantitative estimate of drug-likeness (QED) is 0.651. The molecule has 1 amide bonds. The molecule has 0 aromatic carbocycles. The first kappa shape index (κ1) is 20.5. The molecule has 0 N–H and O–H groups in total. The number of amides is 1. The van der Waals surface area contributed by atoms with Crippen molar-refractivity contribution in [1.82, 2.24) is 4.90 Å². The van der Waals surface area contributed by atoms with E-state index in [-0.39, 0.29) is 33.4 Å². The summed E-state index contributed by atoms with van der Waals surface area (Å²) in [6.07, 6.45) is 0.403. The molecule has 6 nitrogen and oxygen atoms in total. The van der Waals surface area contributed by atoms with Crippen LogP contribution in [-0.4, -0.2) is 55.9 Å². The minimum absolute atomic E-state index is 0.0502. The monoisotopic (exact) mass is 427 g/mol. The van der Waals surface area contributed by atoms with Gasteiger partial charge in [-0.05, 0) is 18.4 Å². The van der Waals surface area contributed by atoms with E-state index in [1.165, 1.54) is 11.0 Å². The molecule has 10 heteroatoms. The third-order valence-corrected chi connectivity index (χ3v) is 6.97. The fourth-order valence-electron chi connectivity index (χ4n) is 2.64. The van der Waals surface area contributed by atoms with Gasteiger partial charge in [0.1, 0.15) is 4.34 Å². The van der Waals surface area contributed by atoms with Gasteiger partial charge in [0, 0.05) is 12.6 Å². The van der Waals surface area contributed by atoms with Crippen LogP contribution in [0.3, 0.4) is 0 Å². The Morgan fingerprint density at radius 2 is 2.08 bits per heavy atom. The van der Waals surface area contributed by atoms with E-state index < -0.39 is 28.3 Å². The molecular weight excluding hydrogens is 409 g/mol. The molecule has 1 fully saturated rings. The zero-order valence-electron chi connectivity index (χ0n) is 13.8. The fourth-order valence-corrected chi connectivity index (χ4v) is 5.81. The first-order valence-corrected chi connectivity index (χ1v) is 11.1. The van der Waals surface area contributed by atoms with Crippen LogP contribution in [0.25, 0.3) is 0 Å². The van der Waals surface area contributed by atoms with Crippen LogP contribution in [0.5, 0.6) is 0 Å². The first-order valence-electron chi connectivity index (χ1n) is 7.71. The van der Waals surface area contributed by atoms with E-state index >= 15 is 0 Å². The van der Waals surface area contributed by atoms with Crippen LogP contribution in [0.1, 0.15) is 30.6 Å². The van der Waals surface area contributed by atoms with Crippen molar-refractivity contribution < 1.29 is 22.7 Å². The van der Waals surface area contributed by atoms with Crippen LogP contribution in [0.15, 0.2) is 6.07 Å². The molecule has 1 aliphatic rings. The fraction of sp³-hybridized carbons (Fsp3) is 0.600. The van der Waals surface area contributed by atoms with Gasteiger partial charge in [-0.1, -0.05) is 37.0 Å². The molecule has 1 aromatic rings. The predicted octanol–water partition coefficient (Wildman–Crippen LogP) is 2.88. The number of halogens is 2. The lowest BCUT2D eigenvalue weighted by Crippen LogP contribution is -2.45. The molecule has 0 bridgehead atoms. The molecule has 1 saturated heterocycles. The van der Waals surface area contributed by atoms with E-state index in [0.29, 0.717) is 17.3 Å². The Hall–Kier alpha value is -0.830. The third kappa shape index (κ3) is 5.57. The Morgan fingerprint density at radius 3 is 2.56 bits per heavy atom. The zero-order chi connectivity index (χ0) is 18.8. The molecule has 1 aromatic heterocycles. The molecule has 1 atom stereocenters. The lowest BCUT2D eigenvalue weighted by molar-refractivity contribution is -0.137. The summed E-state index contributed by atoms with van der Waals surface area (Å²) >= 11 is 12.7. The maximum atomic E-state index is 12.5. The Morgan fingerprint density at radius 1 is 1.40 bits per heavy atom. The highest BCUT2D eigenvalue weighted by Crippen LogP contribution is 2.31. The normalized spacial score (nSPS) is 19.2. The van der Waals surface area contributed by atoms with Gasteiger partial charge in [-0.2, -0.15) is 0 Å². The van der Waals surface area contributed by atoms with Crippen molar-refractivity contribution in [2.24, 2.45) is 5.92 Å². The molecule has 140 valence electrons. The van der Waals surface area contributed by atoms with Gasteiger partial charge in [-0.3, -0.25) is 4.79 Å². The Balaban J connectivity index is 2.02. The van der Waals surface area contributed by atoms with E-state index in [2.05, 4.69) is 0 Å². The number of nitrogens with zero attached hydrogens (tertiary/aromatic N) is 1. The van der Waals surface area contributed by atoms with E-state index in [0.717, 1.165) is 11.3 Å². The van der Waals surface area contributed by atoms with Crippen LogP contribution >= 0.6 is 34.5 Å². The number of hydrogen-bond acceptors (Lipinski definition) is 6. The summed E-state index contributed by atoms with van der Waals surface area (Å²) < 4.78 is 29.0. The SMILES string of the molecule is CC(C)CN(C(=O)COC(=O)c1cc(Cl)sc1Cl)C1CCS(=O)(=O)C1. The average molecular weight is 428 g/mol. The lowest BCUT2D eigenvalue weighted by atomic mass is 10.1. The third-order valence-electron chi connectivity index (χ3n) is 3.73. The van der Waals surface area contributed by atoms with Crippen molar-refractivity contribution >= 4 is 56.3 Å². The van der Waals surface area contributed by atoms with Gasteiger partial charge in [0.25, 0.3) is 5.91 Å². The average Bonchev–Trinajstić information content (AvgIpc) is 3.03. The van der Waals surface area contributed by atoms with Crippen molar-refractivity contribution in [2.45, 2.75) is 26.3 Å². The van der Waals surface area contributed by atoms with Crippen molar-refractivity contribution in [1.29, 1.82) is 0 Å². The summed E-state index contributed by atoms with van der Waals surface area (Å²) in [7, 11) is -3.12. The molecule has 0 spiro atoms. The van der Waals surface area contributed by atoms with Crippen LogP contribution in [0.2, 0.25) is 8.67 Å². The molecule has 1 unspecified atom stereocenters. The molecule has 25 heavy (non-hydrogen) atoms. The maximum Gasteiger partial charge on any atom is 0.341 e. The first-order chi connectivity index (χ1) is 11.6. The highest BCUT2D eigenvalue weighted by molar-refractivity contribution is 7.91. The van der Waals surface area contributed by atoms with Gasteiger partial charge >= 0.3 is 5.97 Å². The number of esters is 1. The largest absolute Gasteiger partial charge is 0.452 e. The summed E-state index contributed by atoms with van der Waals surface area (Å²) in [5.41, 5.74) is 0.114. The highest BCUT2D eigenvalue weighted by atomic mass is 35.5. The molecule has 2 heterocycles. The smallest absolute Gasteiger partial charge is 0.341 e. The molecule has 0 radical (unpaired) electrons. The molecule has 0 aliphatic carbocycles. The summed E-state index contributed by atoms with van der Waals surface area (Å²) in [5.74, 6) is -0.965. The van der Waals surface area contributed by atoms with Crippen LogP contribution in [-0.2, 0) is 19.4 Å². The second-order valence-corrected chi connectivity index (χ2v) is 10.8. The van der Waals surface area contributed by atoms with Gasteiger partial charge in [0.15, 0.2) is 16.4 Å². The van der Waals surface area contributed by atoms with Crippen molar-refractivity contribution in [3.05, 3.63) is 20.3 Å². The highest BCUT2D eigenvalue weighted by Gasteiger charge is 2.35. The van der Waals surface area contributed by atoms with E-state index in [1.807, 2.05) is 13.8 Å². The van der Waals surface area contributed by atoms with Gasteiger partial charge in [-0.15, -0.1) is 11.3 Å². The van der Waals surface area contributed by atoms with Gasteiger partial charge in [0.2, 0.25) is 0 Å². The minimum Gasteiger partial charge on any atom is -0.452 e. The summed E-state index contributed by atoms with van der Waals surface area (Å²) in [6.45, 7) is 3.80. The second-order valence-electron chi connectivity index (χ2n) is 6.31. The number of rotatable bonds is 6. The second kappa shape index (κ2) is 8.24. The van der Waals surface area contributed by atoms with Crippen molar-refractivity contribution in [3.8, 4) is 0 Å². The number of carbonyl (C=O) groups is 2. The summed E-state index contributed by atoms with van der Waals surface area (Å²) in [5, 5.41) is 0. The van der Waals surface area contributed by atoms with E-state index in [9.17, 15) is 18.0 Å². The lowest BCUT2D eigenvalue weighted by Gasteiger charge is -2.29. The zero-order valence-corrected chi connectivity index (χ0v) is 17.0. The predicted molar refractivity (Wildman–Crippen MR) is 98.2 cm³/mol. The van der Waals surface area contributed by atoms with Crippen molar-refractivity contribution in [2.75, 3.05) is 24.7 Å². The topological polar surface area (TPSA) is 80.8 Å². The number of ether oxygens (including phenoxy) is 1. The molecule has 0 saturated carbocycles.